The van der Waals surface area contributed by atoms with Gasteiger partial charge in [-0.15, -0.1) is 0 Å². The van der Waals surface area contributed by atoms with E-state index in [0.29, 0.717) is 17.7 Å². The number of carbonyl (C=O) groups excluding carboxylic acids is 2. The number of nitrogens with one attached hydrogen (secondary N) is 2. The number of aliphatic carboxylic acids is 1. The average Bonchev–Trinajstić information content (AvgIpc) is 2.55. The van der Waals surface area contributed by atoms with E-state index >= 15 is 0 Å². The molecular weight excluding hydrogens is 312 g/mol. The second-order valence-electron chi connectivity index (χ2n) is 5.88. The van der Waals surface area contributed by atoms with Crippen molar-refractivity contribution in [1.82, 2.24) is 10.6 Å². The minimum absolute atomic E-state index is 0.0430. The Balaban J connectivity index is 2.44. The summed E-state index contributed by atoms with van der Waals surface area (Å²) in [7, 11) is 1.50. The Labute approximate surface area is 141 Å². The molecule has 1 atom stereocenters. The number of ether oxygens (including phenoxy) is 1. The smallest absolute Gasteiger partial charge is 0.308 e. The maximum atomic E-state index is 12.0. The molecule has 0 bridgehead atoms. The van der Waals surface area contributed by atoms with E-state index in [-0.39, 0.29) is 19.0 Å². The van der Waals surface area contributed by atoms with Crippen molar-refractivity contribution in [2.24, 2.45) is 11.8 Å². The zero-order valence-corrected chi connectivity index (χ0v) is 14.2. The number of hydrogen-bond donors (Lipinski definition) is 3. The highest BCUT2D eigenvalue weighted by molar-refractivity contribution is 5.96. The maximum Gasteiger partial charge on any atom is 0.308 e. The van der Waals surface area contributed by atoms with Crippen LogP contribution in [-0.4, -0.2) is 43.1 Å². The highest BCUT2D eigenvalue weighted by Gasteiger charge is 2.19. The van der Waals surface area contributed by atoms with Gasteiger partial charge in [0.1, 0.15) is 5.75 Å². The first-order chi connectivity index (χ1) is 11.3. The van der Waals surface area contributed by atoms with Crippen molar-refractivity contribution in [1.29, 1.82) is 0 Å². The van der Waals surface area contributed by atoms with E-state index in [2.05, 4.69) is 10.6 Å². The Kier molecular flexibility index (Phi) is 7.74. The van der Waals surface area contributed by atoms with Crippen LogP contribution in [0.2, 0.25) is 0 Å². The van der Waals surface area contributed by atoms with Crippen molar-refractivity contribution in [2.75, 3.05) is 20.2 Å². The van der Waals surface area contributed by atoms with Crippen LogP contribution < -0.4 is 15.4 Å². The number of amides is 2. The summed E-state index contributed by atoms with van der Waals surface area (Å²) in [5.41, 5.74) is 0.380. The van der Waals surface area contributed by atoms with Gasteiger partial charge >= 0.3 is 5.97 Å². The highest BCUT2D eigenvalue weighted by atomic mass is 16.5. The van der Waals surface area contributed by atoms with Crippen LogP contribution >= 0.6 is 0 Å². The van der Waals surface area contributed by atoms with Gasteiger partial charge in [-0.05, 0) is 30.5 Å². The topological polar surface area (TPSA) is 105 Å². The molecule has 0 spiro atoms. The van der Waals surface area contributed by atoms with Crippen molar-refractivity contribution in [3.05, 3.63) is 29.8 Å². The van der Waals surface area contributed by atoms with Crippen molar-refractivity contribution in [2.45, 2.75) is 20.3 Å². The van der Waals surface area contributed by atoms with Crippen LogP contribution in [0.5, 0.6) is 5.75 Å². The largest absolute Gasteiger partial charge is 0.497 e. The van der Waals surface area contributed by atoms with Crippen molar-refractivity contribution in [3.8, 4) is 5.75 Å². The van der Waals surface area contributed by atoms with Gasteiger partial charge in [-0.1, -0.05) is 19.9 Å². The summed E-state index contributed by atoms with van der Waals surface area (Å²) in [6, 6.07) is 6.57. The van der Waals surface area contributed by atoms with Gasteiger partial charge in [0.15, 0.2) is 0 Å². The molecule has 3 N–H and O–H groups in total. The molecule has 0 saturated carbocycles. The normalized spacial score (nSPS) is 11.7. The van der Waals surface area contributed by atoms with Crippen LogP contribution in [0.25, 0.3) is 0 Å². The van der Waals surface area contributed by atoms with E-state index in [1.807, 2.05) is 13.8 Å². The second-order valence-corrected chi connectivity index (χ2v) is 5.88. The quantitative estimate of drug-likeness (QED) is 0.630. The van der Waals surface area contributed by atoms with Crippen LogP contribution in [0, 0.1) is 11.8 Å². The SMILES string of the molecule is COc1cccc(C(=O)NCC(=O)NCC(CC(C)C)C(=O)O)c1. The lowest BCUT2D eigenvalue weighted by Crippen LogP contribution is -2.40. The Hall–Kier alpha value is -2.57. The predicted molar refractivity (Wildman–Crippen MR) is 88.9 cm³/mol. The molecule has 2 amide bonds. The third kappa shape index (κ3) is 6.68. The number of rotatable bonds is 9. The third-order valence-corrected chi connectivity index (χ3v) is 3.39. The molecule has 0 aliphatic carbocycles. The standard InChI is InChI=1S/C17H24N2O5/c1-11(2)7-13(17(22)23)9-18-15(20)10-19-16(21)12-5-4-6-14(8-12)24-3/h4-6,8,11,13H,7,9-10H2,1-3H3,(H,18,20)(H,19,21)(H,22,23). The molecule has 0 fully saturated rings. The van der Waals surface area contributed by atoms with Gasteiger partial charge < -0.3 is 20.5 Å². The number of carboxylic acids is 1. The van der Waals surface area contributed by atoms with Crippen molar-refractivity contribution >= 4 is 17.8 Å². The molecule has 0 aromatic heterocycles. The molecule has 7 nitrogen and oxygen atoms in total. The predicted octanol–water partition coefficient (Wildman–Crippen LogP) is 1.29. The summed E-state index contributed by atoms with van der Waals surface area (Å²) in [5, 5.41) is 14.1. The fourth-order valence-corrected chi connectivity index (χ4v) is 2.17. The minimum atomic E-state index is -0.940. The fourth-order valence-electron chi connectivity index (χ4n) is 2.17. The first-order valence-electron chi connectivity index (χ1n) is 7.75. The molecule has 1 aromatic rings. The number of methoxy groups -OCH3 is 1. The number of benzene rings is 1. The lowest BCUT2D eigenvalue weighted by molar-refractivity contribution is -0.142. The van der Waals surface area contributed by atoms with Gasteiger partial charge in [0.05, 0.1) is 19.6 Å². The minimum Gasteiger partial charge on any atom is -0.497 e. The number of hydrogen-bond acceptors (Lipinski definition) is 4. The molecule has 1 aromatic carbocycles. The average molecular weight is 336 g/mol. The maximum absolute atomic E-state index is 12.0. The number of carbonyl (C=O) groups is 3. The van der Waals surface area contributed by atoms with Gasteiger partial charge in [0.2, 0.25) is 5.91 Å². The Morgan fingerprint density at radius 1 is 1.21 bits per heavy atom. The number of carboxylic acid groups (broad SMARTS) is 1. The Morgan fingerprint density at radius 2 is 1.92 bits per heavy atom. The molecule has 7 heteroatoms. The molecule has 0 aliphatic heterocycles. The summed E-state index contributed by atoms with van der Waals surface area (Å²) in [6.45, 7) is 3.67. The van der Waals surface area contributed by atoms with E-state index in [1.165, 1.54) is 7.11 Å². The first-order valence-corrected chi connectivity index (χ1v) is 7.75. The summed E-state index contributed by atoms with van der Waals surface area (Å²) in [5.74, 6) is -1.64. The molecule has 1 unspecified atom stereocenters. The molecule has 0 aliphatic rings. The van der Waals surface area contributed by atoms with E-state index in [1.54, 1.807) is 24.3 Å². The Bertz CT molecular complexity index is 586. The van der Waals surface area contributed by atoms with E-state index in [9.17, 15) is 14.4 Å². The summed E-state index contributed by atoms with van der Waals surface area (Å²) >= 11 is 0. The molecule has 0 radical (unpaired) electrons. The van der Waals surface area contributed by atoms with E-state index < -0.39 is 23.7 Å². The van der Waals surface area contributed by atoms with Gasteiger partial charge in [-0.25, -0.2) is 0 Å². The van der Waals surface area contributed by atoms with Gasteiger partial charge in [-0.3, -0.25) is 14.4 Å². The van der Waals surface area contributed by atoms with Gasteiger partial charge in [0, 0.05) is 12.1 Å². The molecule has 24 heavy (non-hydrogen) atoms. The molecule has 1 rings (SSSR count). The van der Waals surface area contributed by atoms with E-state index in [4.69, 9.17) is 9.84 Å². The van der Waals surface area contributed by atoms with E-state index in [0.717, 1.165) is 0 Å². The summed E-state index contributed by atoms with van der Waals surface area (Å²) in [6.07, 6.45) is 0.478. The third-order valence-electron chi connectivity index (χ3n) is 3.39. The van der Waals surface area contributed by atoms with Crippen LogP contribution in [0.4, 0.5) is 0 Å². The van der Waals surface area contributed by atoms with Crippen LogP contribution in [-0.2, 0) is 9.59 Å². The lowest BCUT2D eigenvalue weighted by Gasteiger charge is -2.15. The Morgan fingerprint density at radius 3 is 2.50 bits per heavy atom. The molecule has 0 saturated heterocycles. The van der Waals surface area contributed by atoms with Gasteiger partial charge in [-0.2, -0.15) is 0 Å². The molecular formula is C17H24N2O5. The van der Waals surface area contributed by atoms with Crippen LogP contribution in [0.1, 0.15) is 30.6 Å². The van der Waals surface area contributed by atoms with Gasteiger partial charge in [0.25, 0.3) is 5.91 Å². The monoisotopic (exact) mass is 336 g/mol. The second kappa shape index (κ2) is 9.54. The fraction of sp³-hybridized carbons (Fsp3) is 0.471. The molecule has 132 valence electrons. The highest BCUT2D eigenvalue weighted by Crippen LogP contribution is 2.12. The summed E-state index contributed by atoms with van der Waals surface area (Å²) < 4.78 is 5.03. The summed E-state index contributed by atoms with van der Waals surface area (Å²) in [4.78, 5) is 34.9. The van der Waals surface area contributed by atoms with Crippen molar-refractivity contribution < 1.29 is 24.2 Å². The van der Waals surface area contributed by atoms with Crippen molar-refractivity contribution in [3.63, 3.8) is 0 Å². The zero-order chi connectivity index (χ0) is 18.1. The lowest BCUT2D eigenvalue weighted by atomic mass is 9.97. The first kappa shape index (κ1) is 19.5. The molecule has 0 heterocycles. The van der Waals surface area contributed by atoms with Crippen LogP contribution in [0.15, 0.2) is 24.3 Å². The zero-order valence-electron chi connectivity index (χ0n) is 14.2. The van der Waals surface area contributed by atoms with Crippen LogP contribution in [0.3, 0.4) is 0 Å².